The molecule has 2 aliphatic heterocycles. The number of nitrogens with one attached hydrogen (secondary N) is 1. The van der Waals surface area contributed by atoms with Gasteiger partial charge in [0.2, 0.25) is 5.91 Å². The Kier molecular flexibility index (Phi) is 5.67. The molecule has 1 N–H and O–H groups in total. The molecule has 0 spiro atoms. The van der Waals surface area contributed by atoms with Crippen LogP contribution >= 0.6 is 11.3 Å². The molecule has 0 saturated carbocycles. The van der Waals surface area contributed by atoms with Crippen molar-refractivity contribution in [3.05, 3.63) is 52.2 Å². The number of hydrogen-bond acceptors (Lipinski definition) is 3. The van der Waals surface area contributed by atoms with E-state index in [1.54, 1.807) is 0 Å². The predicted octanol–water partition coefficient (Wildman–Crippen LogP) is 4.53. The third kappa shape index (κ3) is 3.78. The second-order valence-electron chi connectivity index (χ2n) is 7.56. The van der Waals surface area contributed by atoms with Gasteiger partial charge >= 0.3 is 6.03 Å². The van der Waals surface area contributed by atoms with Crippen molar-refractivity contribution >= 4 is 29.0 Å². The Balaban J connectivity index is 1.35. The van der Waals surface area contributed by atoms with E-state index in [-0.39, 0.29) is 23.9 Å². The number of piperidine rings is 1. The van der Waals surface area contributed by atoms with Gasteiger partial charge in [-0.1, -0.05) is 25.1 Å². The lowest BCUT2D eigenvalue weighted by molar-refractivity contribution is -0.140. The number of amides is 3. The Hall–Kier alpha value is -2.34. The number of urea groups is 1. The summed E-state index contributed by atoms with van der Waals surface area (Å²) in [4.78, 5) is 31.1. The van der Waals surface area contributed by atoms with Crippen LogP contribution in [0, 0.1) is 5.92 Å². The predicted molar refractivity (Wildman–Crippen MR) is 113 cm³/mol. The van der Waals surface area contributed by atoms with Gasteiger partial charge in [0.15, 0.2) is 0 Å². The molecule has 1 atom stereocenters. The highest BCUT2D eigenvalue weighted by molar-refractivity contribution is 7.10. The zero-order valence-electron chi connectivity index (χ0n) is 16.3. The minimum Gasteiger partial charge on any atom is -0.335 e. The lowest BCUT2D eigenvalue weighted by Crippen LogP contribution is -2.47. The molecule has 1 unspecified atom stereocenters. The van der Waals surface area contributed by atoms with Gasteiger partial charge < -0.3 is 15.1 Å². The maximum atomic E-state index is 13.2. The van der Waals surface area contributed by atoms with Gasteiger partial charge in [-0.25, -0.2) is 4.79 Å². The Labute approximate surface area is 170 Å². The molecule has 2 aromatic rings. The number of carbonyl (C=O) groups is 2. The summed E-state index contributed by atoms with van der Waals surface area (Å²) in [7, 11) is 0. The van der Waals surface area contributed by atoms with Gasteiger partial charge in [-0.2, -0.15) is 0 Å². The monoisotopic (exact) mass is 397 g/mol. The average molecular weight is 398 g/mol. The fraction of sp³-hybridized carbons (Fsp3) is 0.455. The zero-order valence-corrected chi connectivity index (χ0v) is 17.1. The number of benzene rings is 1. The fourth-order valence-corrected chi connectivity index (χ4v) is 5.32. The van der Waals surface area contributed by atoms with Crippen molar-refractivity contribution in [2.24, 2.45) is 5.92 Å². The molecule has 1 aromatic heterocycles. The number of thiophene rings is 1. The van der Waals surface area contributed by atoms with E-state index in [1.165, 1.54) is 10.4 Å². The molecule has 0 aliphatic carbocycles. The van der Waals surface area contributed by atoms with E-state index in [9.17, 15) is 9.59 Å². The Bertz CT molecular complexity index is 827. The van der Waals surface area contributed by atoms with Crippen LogP contribution in [0.25, 0.3) is 0 Å². The van der Waals surface area contributed by atoms with E-state index in [0.717, 1.165) is 37.9 Å². The summed E-state index contributed by atoms with van der Waals surface area (Å²) in [5, 5.41) is 5.08. The normalized spacial score (nSPS) is 20.0. The fourth-order valence-electron chi connectivity index (χ4n) is 4.39. The van der Waals surface area contributed by atoms with Crippen LogP contribution in [-0.4, -0.2) is 41.4 Å². The quantitative estimate of drug-likeness (QED) is 0.827. The van der Waals surface area contributed by atoms with Crippen LogP contribution in [0.5, 0.6) is 0 Å². The number of para-hydroxylation sites is 1. The second-order valence-corrected chi connectivity index (χ2v) is 8.56. The minimum absolute atomic E-state index is 0.0232. The summed E-state index contributed by atoms with van der Waals surface area (Å²) in [5.74, 6) is 0.293. The summed E-state index contributed by atoms with van der Waals surface area (Å²) in [6.45, 7) is 4.24. The first-order valence-electron chi connectivity index (χ1n) is 10.1. The van der Waals surface area contributed by atoms with Crippen molar-refractivity contribution in [2.45, 2.75) is 38.6 Å². The van der Waals surface area contributed by atoms with E-state index >= 15 is 0 Å². The molecule has 3 amide bonds. The molecule has 5 nitrogen and oxygen atoms in total. The number of rotatable bonds is 3. The Morgan fingerprint density at radius 2 is 1.86 bits per heavy atom. The molecule has 148 valence electrons. The molecule has 0 bridgehead atoms. The Morgan fingerprint density at radius 3 is 2.57 bits per heavy atom. The van der Waals surface area contributed by atoms with Crippen molar-refractivity contribution in [3.8, 4) is 0 Å². The summed E-state index contributed by atoms with van der Waals surface area (Å²) in [6, 6.07) is 11.8. The average Bonchev–Trinajstić information content (AvgIpc) is 3.22. The molecular weight excluding hydrogens is 370 g/mol. The largest absolute Gasteiger partial charge is 0.335 e. The van der Waals surface area contributed by atoms with Gasteiger partial charge in [0.05, 0.1) is 6.04 Å². The molecule has 1 aromatic carbocycles. The third-order valence-electron chi connectivity index (χ3n) is 5.92. The SMILES string of the molecule is CCC1c2ccsc2CCN1C(=O)C1CCN(C(=O)Nc2ccccc2)CC1. The van der Waals surface area contributed by atoms with Crippen LogP contribution in [0.3, 0.4) is 0 Å². The first kappa shape index (κ1) is 19.0. The lowest BCUT2D eigenvalue weighted by atomic mass is 9.91. The zero-order chi connectivity index (χ0) is 19.5. The number of likely N-dealkylation sites (tertiary alicyclic amines) is 1. The van der Waals surface area contributed by atoms with Crippen molar-refractivity contribution in [1.82, 2.24) is 9.80 Å². The van der Waals surface area contributed by atoms with Crippen molar-refractivity contribution in [2.75, 3.05) is 25.0 Å². The number of nitrogens with zero attached hydrogens (tertiary/aromatic N) is 2. The van der Waals surface area contributed by atoms with Crippen LogP contribution < -0.4 is 5.32 Å². The topological polar surface area (TPSA) is 52.7 Å². The molecule has 2 aliphatic rings. The summed E-state index contributed by atoms with van der Waals surface area (Å²) in [6.07, 6.45) is 3.40. The van der Waals surface area contributed by atoms with Gasteiger partial charge in [-0.3, -0.25) is 4.79 Å². The summed E-state index contributed by atoms with van der Waals surface area (Å²) in [5.41, 5.74) is 2.14. The summed E-state index contributed by atoms with van der Waals surface area (Å²) < 4.78 is 0. The second kappa shape index (κ2) is 8.35. The highest BCUT2D eigenvalue weighted by Crippen LogP contribution is 2.37. The maximum absolute atomic E-state index is 13.2. The van der Waals surface area contributed by atoms with Crippen molar-refractivity contribution in [3.63, 3.8) is 0 Å². The molecular formula is C22H27N3O2S. The molecule has 0 radical (unpaired) electrons. The highest BCUT2D eigenvalue weighted by atomic mass is 32.1. The number of carbonyl (C=O) groups excluding carboxylic acids is 2. The standard InChI is InChI=1S/C22H27N3O2S/c1-2-19-18-11-15-28-20(18)10-14-25(19)21(26)16-8-12-24(13-9-16)22(27)23-17-6-4-3-5-7-17/h3-7,11,15-16,19H,2,8-10,12-14H2,1H3,(H,23,27). The maximum Gasteiger partial charge on any atom is 0.321 e. The molecule has 1 saturated heterocycles. The van der Waals surface area contributed by atoms with Gasteiger partial charge in [-0.15, -0.1) is 11.3 Å². The van der Waals surface area contributed by atoms with Crippen molar-refractivity contribution < 1.29 is 9.59 Å². The van der Waals surface area contributed by atoms with E-state index in [4.69, 9.17) is 0 Å². The van der Waals surface area contributed by atoms with Gasteiger partial charge in [0, 0.05) is 36.1 Å². The molecule has 6 heteroatoms. The Morgan fingerprint density at radius 1 is 1.11 bits per heavy atom. The van der Waals surface area contributed by atoms with E-state index < -0.39 is 0 Å². The third-order valence-corrected chi connectivity index (χ3v) is 6.92. The first-order valence-corrected chi connectivity index (χ1v) is 11.0. The molecule has 1 fully saturated rings. The highest BCUT2D eigenvalue weighted by Gasteiger charge is 2.35. The number of hydrogen-bond donors (Lipinski definition) is 1. The van der Waals surface area contributed by atoms with E-state index in [1.807, 2.05) is 46.6 Å². The van der Waals surface area contributed by atoms with Gasteiger partial charge in [0.25, 0.3) is 0 Å². The number of anilines is 1. The first-order chi connectivity index (χ1) is 13.7. The van der Waals surface area contributed by atoms with Gasteiger partial charge in [-0.05, 0) is 54.8 Å². The van der Waals surface area contributed by atoms with E-state index in [0.29, 0.717) is 13.1 Å². The van der Waals surface area contributed by atoms with Crippen molar-refractivity contribution in [1.29, 1.82) is 0 Å². The summed E-state index contributed by atoms with van der Waals surface area (Å²) >= 11 is 1.81. The van der Waals surface area contributed by atoms with Crippen LogP contribution in [0.2, 0.25) is 0 Å². The van der Waals surface area contributed by atoms with Crippen LogP contribution in [-0.2, 0) is 11.2 Å². The smallest absolute Gasteiger partial charge is 0.321 e. The van der Waals surface area contributed by atoms with Gasteiger partial charge in [0.1, 0.15) is 0 Å². The minimum atomic E-state index is -0.0792. The lowest BCUT2D eigenvalue weighted by Gasteiger charge is -2.39. The molecule has 4 rings (SSSR count). The number of fused-ring (bicyclic) bond motifs is 1. The van der Waals surface area contributed by atoms with Crippen LogP contribution in [0.4, 0.5) is 10.5 Å². The van der Waals surface area contributed by atoms with E-state index in [2.05, 4.69) is 28.6 Å². The molecule has 28 heavy (non-hydrogen) atoms. The molecule has 3 heterocycles. The van der Waals surface area contributed by atoms with Crippen LogP contribution in [0.15, 0.2) is 41.8 Å². The van der Waals surface area contributed by atoms with Crippen LogP contribution in [0.1, 0.15) is 42.7 Å².